The summed E-state index contributed by atoms with van der Waals surface area (Å²) < 4.78 is 5.61. The standard InChI is InChI=1S/C15H13NO3.C2H6/c16-15-12-6-5-11(18)7-14(12)19-8-13(15)9-1-3-10(17)4-2-9;1-2/h1-7,13,16-18H,8H2;1-2H3. The molecule has 21 heavy (non-hydrogen) atoms. The molecule has 0 saturated heterocycles. The van der Waals surface area contributed by atoms with Crippen molar-refractivity contribution in [2.24, 2.45) is 0 Å². The molecule has 3 N–H and O–H groups in total. The second kappa shape index (κ2) is 6.31. The highest BCUT2D eigenvalue weighted by Gasteiger charge is 2.27. The molecule has 1 unspecified atom stereocenters. The fourth-order valence-electron chi connectivity index (χ4n) is 2.27. The average molecular weight is 285 g/mol. The monoisotopic (exact) mass is 285 g/mol. The Morgan fingerprint density at radius 1 is 1.00 bits per heavy atom. The van der Waals surface area contributed by atoms with Crippen molar-refractivity contribution in [3.8, 4) is 17.2 Å². The molecule has 1 aliphatic heterocycles. The molecule has 1 heterocycles. The summed E-state index contributed by atoms with van der Waals surface area (Å²) in [4.78, 5) is 0. The number of nitrogens with one attached hydrogen (secondary N) is 1. The molecule has 0 aromatic heterocycles. The average Bonchev–Trinajstić information content (AvgIpc) is 2.51. The summed E-state index contributed by atoms with van der Waals surface area (Å²) in [5.41, 5.74) is 2.09. The lowest BCUT2D eigenvalue weighted by molar-refractivity contribution is 0.300. The molecule has 1 atom stereocenters. The Balaban J connectivity index is 0.000000774. The smallest absolute Gasteiger partial charge is 0.132 e. The lowest BCUT2D eigenvalue weighted by Crippen LogP contribution is -2.25. The van der Waals surface area contributed by atoms with E-state index in [0.717, 1.165) is 5.56 Å². The van der Waals surface area contributed by atoms with Crippen molar-refractivity contribution >= 4 is 5.71 Å². The van der Waals surface area contributed by atoms with Gasteiger partial charge < -0.3 is 20.4 Å². The third kappa shape index (κ3) is 2.99. The van der Waals surface area contributed by atoms with Gasteiger partial charge >= 0.3 is 0 Å². The predicted molar refractivity (Wildman–Crippen MR) is 82.6 cm³/mol. The van der Waals surface area contributed by atoms with Crippen LogP contribution in [0.15, 0.2) is 42.5 Å². The van der Waals surface area contributed by atoms with Gasteiger partial charge in [0.15, 0.2) is 0 Å². The number of ether oxygens (including phenoxy) is 1. The van der Waals surface area contributed by atoms with Gasteiger partial charge in [-0.3, -0.25) is 0 Å². The van der Waals surface area contributed by atoms with Gasteiger partial charge in [0.2, 0.25) is 0 Å². The first-order chi connectivity index (χ1) is 10.1. The van der Waals surface area contributed by atoms with Crippen LogP contribution in [0.2, 0.25) is 0 Å². The minimum absolute atomic E-state index is 0.134. The largest absolute Gasteiger partial charge is 0.508 e. The first-order valence-electron chi connectivity index (χ1n) is 6.99. The summed E-state index contributed by atoms with van der Waals surface area (Å²) >= 11 is 0. The lowest BCUT2D eigenvalue weighted by Gasteiger charge is -2.26. The Kier molecular flexibility index (Phi) is 4.48. The maximum atomic E-state index is 9.41. The third-order valence-electron chi connectivity index (χ3n) is 3.30. The van der Waals surface area contributed by atoms with Crippen molar-refractivity contribution in [2.45, 2.75) is 19.8 Å². The highest BCUT2D eigenvalue weighted by atomic mass is 16.5. The van der Waals surface area contributed by atoms with E-state index in [0.29, 0.717) is 23.6 Å². The zero-order chi connectivity index (χ0) is 15.4. The topological polar surface area (TPSA) is 73.5 Å². The quantitative estimate of drug-likeness (QED) is 0.748. The molecule has 0 saturated carbocycles. The van der Waals surface area contributed by atoms with Crippen LogP contribution in [-0.4, -0.2) is 22.5 Å². The van der Waals surface area contributed by atoms with E-state index >= 15 is 0 Å². The van der Waals surface area contributed by atoms with E-state index in [4.69, 9.17) is 10.1 Å². The van der Waals surface area contributed by atoms with Crippen molar-refractivity contribution in [1.82, 2.24) is 0 Å². The van der Waals surface area contributed by atoms with E-state index in [-0.39, 0.29) is 17.4 Å². The summed E-state index contributed by atoms with van der Waals surface area (Å²) in [6.45, 7) is 4.36. The zero-order valence-electron chi connectivity index (χ0n) is 12.1. The zero-order valence-corrected chi connectivity index (χ0v) is 12.1. The van der Waals surface area contributed by atoms with Crippen LogP contribution in [0, 0.1) is 5.41 Å². The number of rotatable bonds is 1. The van der Waals surface area contributed by atoms with Gasteiger partial charge in [0.25, 0.3) is 0 Å². The number of phenolic OH excluding ortho intramolecular Hbond substituents is 2. The summed E-state index contributed by atoms with van der Waals surface area (Å²) in [6.07, 6.45) is 0. The van der Waals surface area contributed by atoms with E-state index in [1.807, 2.05) is 13.8 Å². The molecule has 0 spiro atoms. The maximum Gasteiger partial charge on any atom is 0.132 e. The van der Waals surface area contributed by atoms with Gasteiger partial charge in [0.05, 0.1) is 11.6 Å². The lowest BCUT2D eigenvalue weighted by atomic mass is 9.88. The molecule has 2 aromatic carbocycles. The second-order valence-electron chi connectivity index (χ2n) is 4.55. The van der Waals surface area contributed by atoms with Crippen molar-refractivity contribution < 1.29 is 14.9 Å². The fraction of sp³-hybridized carbons (Fsp3) is 0.235. The Labute approximate surface area is 124 Å². The molecule has 110 valence electrons. The van der Waals surface area contributed by atoms with Crippen LogP contribution in [0.25, 0.3) is 0 Å². The number of aromatic hydroxyl groups is 2. The van der Waals surface area contributed by atoms with E-state index in [2.05, 4.69) is 0 Å². The first kappa shape index (κ1) is 14.9. The summed E-state index contributed by atoms with van der Waals surface area (Å²) in [7, 11) is 0. The highest BCUT2D eigenvalue weighted by molar-refractivity contribution is 6.06. The molecule has 3 rings (SSSR count). The second-order valence-corrected chi connectivity index (χ2v) is 4.55. The third-order valence-corrected chi connectivity index (χ3v) is 3.30. The fourth-order valence-corrected chi connectivity index (χ4v) is 2.27. The molecule has 0 radical (unpaired) electrons. The van der Waals surface area contributed by atoms with Gasteiger partial charge in [-0.05, 0) is 29.8 Å². The van der Waals surface area contributed by atoms with E-state index < -0.39 is 0 Å². The van der Waals surface area contributed by atoms with Crippen LogP contribution in [0.1, 0.15) is 30.9 Å². The molecule has 0 bridgehead atoms. The highest BCUT2D eigenvalue weighted by Crippen LogP contribution is 2.34. The molecule has 2 aromatic rings. The molecule has 1 aliphatic rings. The molecule has 4 heteroatoms. The first-order valence-corrected chi connectivity index (χ1v) is 6.99. The van der Waals surface area contributed by atoms with Crippen molar-refractivity contribution in [1.29, 1.82) is 5.41 Å². The molecule has 0 amide bonds. The summed E-state index contributed by atoms with van der Waals surface area (Å²) in [6, 6.07) is 11.6. The minimum Gasteiger partial charge on any atom is -0.508 e. The molecular formula is C17H19NO3. The van der Waals surface area contributed by atoms with Gasteiger partial charge in [-0.1, -0.05) is 26.0 Å². The van der Waals surface area contributed by atoms with Crippen LogP contribution in [0.4, 0.5) is 0 Å². The van der Waals surface area contributed by atoms with Crippen LogP contribution < -0.4 is 4.74 Å². The number of benzene rings is 2. The van der Waals surface area contributed by atoms with Gasteiger partial charge in [0, 0.05) is 11.6 Å². The van der Waals surface area contributed by atoms with E-state index in [1.165, 1.54) is 6.07 Å². The number of fused-ring (bicyclic) bond motifs is 1. The molecule has 0 fully saturated rings. The molecule has 0 aliphatic carbocycles. The number of phenols is 2. The summed E-state index contributed by atoms with van der Waals surface area (Å²) in [5.74, 6) is 0.727. The SMILES string of the molecule is CC.N=C1c2ccc(O)cc2OCC1c1ccc(O)cc1. The van der Waals surface area contributed by atoms with Gasteiger partial charge in [-0.25, -0.2) is 0 Å². The van der Waals surface area contributed by atoms with Gasteiger partial charge in [-0.2, -0.15) is 0 Å². The van der Waals surface area contributed by atoms with E-state index in [9.17, 15) is 10.2 Å². The summed E-state index contributed by atoms with van der Waals surface area (Å²) in [5, 5.41) is 27.0. The Bertz CT molecular complexity index is 635. The van der Waals surface area contributed by atoms with Crippen LogP contribution in [0.5, 0.6) is 17.2 Å². The molecular weight excluding hydrogens is 266 g/mol. The minimum atomic E-state index is -0.155. The molecule has 4 nitrogen and oxygen atoms in total. The Morgan fingerprint density at radius 3 is 2.29 bits per heavy atom. The van der Waals surface area contributed by atoms with Crippen LogP contribution >= 0.6 is 0 Å². The van der Waals surface area contributed by atoms with Gasteiger partial charge in [0.1, 0.15) is 23.9 Å². The number of hydrogen-bond acceptors (Lipinski definition) is 4. The van der Waals surface area contributed by atoms with E-state index in [1.54, 1.807) is 36.4 Å². The van der Waals surface area contributed by atoms with Crippen LogP contribution in [0.3, 0.4) is 0 Å². The normalized spacial score (nSPS) is 16.3. The van der Waals surface area contributed by atoms with Crippen molar-refractivity contribution in [3.05, 3.63) is 53.6 Å². The van der Waals surface area contributed by atoms with Crippen molar-refractivity contribution in [3.63, 3.8) is 0 Å². The Morgan fingerprint density at radius 2 is 1.62 bits per heavy atom. The predicted octanol–water partition coefficient (Wildman–Crippen LogP) is 3.67. The van der Waals surface area contributed by atoms with Crippen LogP contribution in [-0.2, 0) is 0 Å². The Hall–Kier alpha value is -2.49. The van der Waals surface area contributed by atoms with Gasteiger partial charge in [-0.15, -0.1) is 0 Å². The number of hydrogen-bond donors (Lipinski definition) is 3. The van der Waals surface area contributed by atoms with Crippen molar-refractivity contribution in [2.75, 3.05) is 6.61 Å². The maximum absolute atomic E-state index is 9.41.